The molecule has 18 heavy (non-hydrogen) atoms. The van der Waals surface area contributed by atoms with Gasteiger partial charge in [0.2, 0.25) is 0 Å². The summed E-state index contributed by atoms with van der Waals surface area (Å²) in [4.78, 5) is 21.5. The number of ether oxygens (including phenoxy) is 2. The van der Waals surface area contributed by atoms with Crippen molar-refractivity contribution >= 4 is 11.5 Å². The number of carbonyl (C=O) groups is 1. The fourth-order valence-corrected chi connectivity index (χ4v) is 1.93. The van der Waals surface area contributed by atoms with Gasteiger partial charge >= 0.3 is 5.69 Å². The fourth-order valence-electron chi connectivity index (χ4n) is 1.93. The maximum atomic E-state index is 11.1. The lowest BCUT2D eigenvalue weighted by Gasteiger charge is -2.12. The molecule has 2 rings (SSSR count). The number of nitro groups is 1. The van der Waals surface area contributed by atoms with Crippen LogP contribution in [0.3, 0.4) is 0 Å². The molecule has 1 aromatic carbocycles. The molecule has 0 amide bonds. The van der Waals surface area contributed by atoms with Crippen LogP contribution in [0.5, 0.6) is 11.5 Å². The number of rotatable bonds is 4. The number of nitrogens with zero attached hydrogens (tertiary/aromatic N) is 1. The zero-order valence-electron chi connectivity index (χ0n) is 9.92. The van der Waals surface area contributed by atoms with E-state index in [1.807, 2.05) is 0 Å². The third-order valence-electron chi connectivity index (χ3n) is 2.86. The van der Waals surface area contributed by atoms with E-state index in [9.17, 15) is 14.9 Å². The summed E-state index contributed by atoms with van der Waals surface area (Å²) >= 11 is 0. The highest BCUT2D eigenvalue weighted by molar-refractivity contribution is 5.81. The van der Waals surface area contributed by atoms with Crippen molar-refractivity contribution in [2.24, 2.45) is 0 Å². The lowest BCUT2D eigenvalue weighted by molar-refractivity contribution is -0.386. The molecule has 1 aliphatic carbocycles. The van der Waals surface area contributed by atoms with E-state index >= 15 is 0 Å². The summed E-state index contributed by atoms with van der Waals surface area (Å²) in [6.07, 6.45) is 1.16. The molecule has 0 N–H and O–H groups in total. The monoisotopic (exact) mass is 251 g/mol. The molecule has 0 saturated heterocycles. The Morgan fingerprint density at radius 2 is 2.22 bits per heavy atom. The molecule has 6 nitrogen and oxygen atoms in total. The van der Waals surface area contributed by atoms with Crippen molar-refractivity contribution in [3.8, 4) is 11.5 Å². The summed E-state index contributed by atoms with van der Waals surface area (Å²) in [7, 11) is 1.44. The predicted octanol–water partition coefficient (Wildman–Crippen LogP) is 2.10. The van der Waals surface area contributed by atoms with Crippen LogP contribution in [-0.2, 0) is 4.79 Å². The van der Waals surface area contributed by atoms with Gasteiger partial charge in [-0.05, 0) is 18.6 Å². The third-order valence-corrected chi connectivity index (χ3v) is 2.86. The first kappa shape index (κ1) is 12.3. The van der Waals surface area contributed by atoms with E-state index < -0.39 is 4.92 Å². The zero-order chi connectivity index (χ0) is 13.1. The molecule has 0 spiro atoms. The van der Waals surface area contributed by atoms with Crippen LogP contribution in [-0.4, -0.2) is 23.9 Å². The number of benzene rings is 1. The van der Waals surface area contributed by atoms with Crippen LogP contribution in [0.4, 0.5) is 5.69 Å². The summed E-state index contributed by atoms with van der Waals surface area (Å²) in [5.41, 5.74) is -0.145. The van der Waals surface area contributed by atoms with Crippen molar-refractivity contribution in [3.63, 3.8) is 0 Å². The van der Waals surface area contributed by atoms with Crippen molar-refractivity contribution in [1.29, 1.82) is 0 Å². The minimum Gasteiger partial charge on any atom is -0.496 e. The first-order chi connectivity index (χ1) is 8.60. The fraction of sp³-hybridized carbons (Fsp3) is 0.417. The van der Waals surface area contributed by atoms with Gasteiger partial charge in [-0.25, -0.2) is 0 Å². The molecule has 0 aromatic heterocycles. The molecule has 0 heterocycles. The minimum absolute atomic E-state index is 0.135. The van der Waals surface area contributed by atoms with Crippen LogP contribution in [0.25, 0.3) is 0 Å². The Labute approximate surface area is 104 Å². The van der Waals surface area contributed by atoms with Gasteiger partial charge in [0.15, 0.2) is 5.75 Å². The highest BCUT2D eigenvalue weighted by Gasteiger charge is 2.26. The second kappa shape index (κ2) is 5.03. The first-order valence-electron chi connectivity index (χ1n) is 5.61. The van der Waals surface area contributed by atoms with Crippen molar-refractivity contribution in [2.75, 3.05) is 7.11 Å². The average molecular weight is 251 g/mol. The van der Waals surface area contributed by atoms with Crippen LogP contribution in [0.2, 0.25) is 0 Å². The second-order valence-electron chi connectivity index (χ2n) is 4.11. The minimum atomic E-state index is -0.519. The van der Waals surface area contributed by atoms with E-state index in [4.69, 9.17) is 9.47 Å². The van der Waals surface area contributed by atoms with Gasteiger partial charge in [-0.1, -0.05) is 0 Å². The molecule has 6 heteroatoms. The molecule has 1 aliphatic rings. The van der Waals surface area contributed by atoms with Gasteiger partial charge in [0, 0.05) is 12.8 Å². The van der Waals surface area contributed by atoms with Gasteiger partial charge in [0.1, 0.15) is 17.6 Å². The van der Waals surface area contributed by atoms with Crippen LogP contribution in [0.15, 0.2) is 18.2 Å². The van der Waals surface area contributed by atoms with Crippen molar-refractivity contribution < 1.29 is 19.2 Å². The van der Waals surface area contributed by atoms with Crippen LogP contribution in [0, 0.1) is 10.1 Å². The van der Waals surface area contributed by atoms with Crippen LogP contribution >= 0.6 is 0 Å². The summed E-state index contributed by atoms with van der Waals surface area (Å²) in [5.74, 6) is 0.716. The summed E-state index contributed by atoms with van der Waals surface area (Å²) in [6, 6.07) is 4.41. The molecule has 0 aliphatic heterocycles. The smallest absolute Gasteiger partial charge is 0.314 e. The topological polar surface area (TPSA) is 78.7 Å². The number of hydrogen-bond acceptors (Lipinski definition) is 5. The SMILES string of the molecule is COc1ccc(OC2CCC(=O)C2)c([N+](=O)[O-])c1. The Morgan fingerprint density at radius 3 is 2.78 bits per heavy atom. The second-order valence-corrected chi connectivity index (χ2v) is 4.11. The molecule has 96 valence electrons. The molecule has 1 saturated carbocycles. The quantitative estimate of drug-likeness (QED) is 0.604. The van der Waals surface area contributed by atoms with E-state index in [1.54, 1.807) is 6.07 Å². The van der Waals surface area contributed by atoms with Gasteiger partial charge in [-0.3, -0.25) is 14.9 Å². The van der Waals surface area contributed by atoms with E-state index in [2.05, 4.69) is 0 Å². The Balaban J connectivity index is 2.21. The number of methoxy groups -OCH3 is 1. The molecule has 1 atom stereocenters. The van der Waals surface area contributed by atoms with E-state index in [1.165, 1.54) is 19.2 Å². The molecule has 0 radical (unpaired) electrons. The molecular formula is C12H13NO5. The number of Topliss-reactive ketones (excluding diaryl/α,β-unsaturated/α-hetero) is 1. The Hall–Kier alpha value is -2.11. The van der Waals surface area contributed by atoms with Gasteiger partial charge in [0.25, 0.3) is 0 Å². The maximum Gasteiger partial charge on any atom is 0.314 e. The highest BCUT2D eigenvalue weighted by atomic mass is 16.6. The van der Waals surface area contributed by atoms with Crippen molar-refractivity contribution in [2.45, 2.75) is 25.4 Å². The Kier molecular flexibility index (Phi) is 3.45. The summed E-state index contributed by atoms with van der Waals surface area (Å²) < 4.78 is 10.5. The van der Waals surface area contributed by atoms with Gasteiger partial charge in [-0.15, -0.1) is 0 Å². The van der Waals surface area contributed by atoms with Crippen LogP contribution < -0.4 is 9.47 Å². The van der Waals surface area contributed by atoms with E-state index in [0.717, 1.165) is 0 Å². The Morgan fingerprint density at radius 1 is 1.44 bits per heavy atom. The average Bonchev–Trinajstić information content (AvgIpc) is 2.75. The Bertz CT molecular complexity index is 485. The molecule has 0 bridgehead atoms. The molecule has 1 fully saturated rings. The largest absolute Gasteiger partial charge is 0.496 e. The lowest BCUT2D eigenvalue weighted by Crippen LogP contribution is -2.13. The van der Waals surface area contributed by atoms with Crippen molar-refractivity contribution in [1.82, 2.24) is 0 Å². The third kappa shape index (κ3) is 2.58. The zero-order valence-corrected chi connectivity index (χ0v) is 9.92. The van der Waals surface area contributed by atoms with Crippen LogP contribution in [0.1, 0.15) is 19.3 Å². The lowest BCUT2D eigenvalue weighted by atomic mass is 10.2. The van der Waals surface area contributed by atoms with E-state index in [-0.39, 0.29) is 23.3 Å². The van der Waals surface area contributed by atoms with Gasteiger partial charge in [-0.2, -0.15) is 0 Å². The van der Waals surface area contributed by atoms with Gasteiger partial charge < -0.3 is 9.47 Å². The van der Waals surface area contributed by atoms with Crippen molar-refractivity contribution in [3.05, 3.63) is 28.3 Å². The number of ketones is 1. The number of carbonyl (C=O) groups excluding carboxylic acids is 1. The number of nitro benzene ring substituents is 1. The standard InChI is InChI=1S/C12H13NO5/c1-17-9-4-5-12(11(7-9)13(15)16)18-10-3-2-8(14)6-10/h4-5,7,10H,2-3,6H2,1H3. The molecular weight excluding hydrogens is 238 g/mol. The predicted molar refractivity (Wildman–Crippen MR) is 62.9 cm³/mol. The van der Waals surface area contributed by atoms with E-state index in [0.29, 0.717) is 25.0 Å². The maximum absolute atomic E-state index is 11.1. The number of hydrogen-bond donors (Lipinski definition) is 0. The summed E-state index contributed by atoms with van der Waals surface area (Å²) in [6.45, 7) is 0. The normalized spacial score (nSPS) is 18.7. The molecule has 1 aromatic rings. The molecule has 1 unspecified atom stereocenters. The first-order valence-corrected chi connectivity index (χ1v) is 5.61. The highest BCUT2D eigenvalue weighted by Crippen LogP contribution is 2.33. The summed E-state index contributed by atoms with van der Waals surface area (Å²) in [5, 5.41) is 10.9. The van der Waals surface area contributed by atoms with Gasteiger partial charge in [0.05, 0.1) is 18.1 Å².